The van der Waals surface area contributed by atoms with Crippen molar-refractivity contribution < 1.29 is 35.1 Å². The average molecular weight is 716 g/mol. The molecule has 0 bridgehead atoms. The molecule has 4 rings (SSSR count). The van der Waals surface area contributed by atoms with E-state index in [2.05, 4.69) is 141 Å². The molecule has 0 saturated heterocycles. The first-order valence-corrected chi connectivity index (χ1v) is 21.5. The Balaban J connectivity index is 0.00000552. The van der Waals surface area contributed by atoms with Gasteiger partial charge in [-0.1, -0.05) is 92.5 Å². The fourth-order valence-electron chi connectivity index (χ4n) is 7.59. The molecule has 0 aliphatic carbocycles. The Bertz CT molecular complexity index is 1410. The second-order valence-electron chi connectivity index (χ2n) is 14.0. The molecule has 0 N–H and O–H groups in total. The van der Waals surface area contributed by atoms with E-state index in [1.54, 1.807) is 0 Å². The van der Waals surface area contributed by atoms with Crippen LogP contribution in [0.1, 0.15) is 79.4 Å². The average Bonchev–Trinajstić information content (AvgIpc) is 3.52. The third-order valence-corrected chi connectivity index (χ3v) is 21.5. The van der Waals surface area contributed by atoms with Gasteiger partial charge >= 0.3 is 26.2 Å². The molecule has 2 nitrogen and oxygen atoms in total. The molecule has 0 amide bonds. The van der Waals surface area contributed by atoms with Gasteiger partial charge in [0.05, 0.1) is 0 Å². The summed E-state index contributed by atoms with van der Waals surface area (Å²) < 4.78 is 14.8. The summed E-state index contributed by atoms with van der Waals surface area (Å²) in [5.74, 6) is 2.20. The maximum atomic E-state index is 7.38. The van der Waals surface area contributed by atoms with Crippen LogP contribution in [0.15, 0.2) is 86.0 Å². The number of rotatable bonds is 17. The van der Waals surface area contributed by atoms with Crippen LogP contribution in [0.4, 0.5) is 0 Å². The molecule has 0 atom stereocenters. The van der Waals surface area contributed by atoms with Crippen molar-refractivity contribution in [3.8, 4) is 11.5 Å². The van der Waals surface area contributed by atoms with E-state index in [0.29, 0.717) is 22.2 Å². The first-order valence-electron chi connectivity index (χ1n) is 16.9. The Morgan fingerprint density at radius 3 is 1.24 bits per heavy atom. The molecule has 0 saturated carbocycles. The second-order valence-corrected chi connectivity index (χ2v) is 23.9. The molecule has 4 aromatic rings. The smallest absolute Gasteiger partial charge is 0.558 e. The Morgan fingerprint density at radius 1 is 0.600 bits per heavy atom. The van der Waals surface area contributed by atoms with Crippen LogP contribution >= 0.6 is 0 Å². The van der Waals surface area contributed by atoms with Crippen LogP contribution in [0.25, 0.3) is 21.5 Å². The molecule has 0 aromatic heterocycles. The summed E-state index contributed by atoms with van der Waals surface area (Å²) in [6.07, 6.45) is 7.96. The van der Waals surface area contributed by atoms with Gasteiger partial charge in [0.2, 0.25) is 0 Å². The van der Waals surface area contributed by atoms with Crippen molar-refractivity contribution in [3.63, 3.8) is 0 Å². The summed E-state index contributed by atoms with van der Waals surface area (Å²) in [6, 6.07) is 24.5. The van der Waals surface area contributed by atoms with Crippen LogP contribution in [0.5, 0.6) is 11.5 Å². The third kappa shape index (κ3) is 7.79. The maximum absolute atomic E-state index is 7.38. The quantitative estimate of drug-likeness (QED) is 0.0615. The Morgan fingerprint density at radius 2 is 0.933 bits per heavy atom. The zero-order valence-corrected chi connectivity index (χ0v) is 33.7. The van der Waals surface area contributed by atoms with Crippen LogP contribution in [-0.2, 0) is 39.0 Å². The molecular formula is C40H56O2Si2Zr. The predicted molar refractivity (Wildman–Crippen MR) is 199 cm³/mol. The number of hydrogen-bond donors (Lipinski definition) is 0. The van der Waals surface area contributed by atoms with Gasteiger partial charge in [-0.15, -0.1) is 94.4 Å². The summed E-state index contributed by atoms with van der Waals surface area (Å²) in [4.78, 5) is 0. The molecule has 0 aliphatic heterocycles. The monoisotopic (exact) mass is 714 g/mol. The molecule has 4 aromatic carbocycles. The van der Waals surface area contributed by atoms with Crippen molar-refractivity contribution in [3.05, 3.63) is 97.1 Å². The number of aryl methyl sites for hydroxylation is 2. The summed E-state index contributed by atoms with van der Waals surface area (Å²) in [6.45, 7) is 27.0. The number of hydrogen-bond acceptors (Lipinski definition) is 2. The van der Waals surface area contributed by atoms with Crippen molar-refractivity contribution in [2.24, 2.45) is 0 Å². The fraction of sp³-hybridized carbons (Fsp3) is 0.450. The summed E-state index contributed by atoms with van der Waals surface area (Å²) in [5, 5.41) is 5.19. The van der Waals surface area contributed by atoms with E-state index in [0.717, 1.165) is 49.3 Å². The van der Waals surface area contributed by atoms with Gasteiger partial charge in [0, 0.05) is 11.5 Å². The summed E-state index contributed by atoms with van der Waals surface area (Å²) >= 11 is 0. The van der Waals surface area contributed by atoms with Crippen molar-refractivity contribution in [1.29, 1.82) is 0 Å². The van der Waals surface area contributed by atoms with Crippen LogP contribution < -0.4 is 8.85 Å². The van der Waals surface area contributed by atoms with E-state index in [1.807, 2.05) is 0 Å². The molecule has 0 fully saturated rings. The van der Waals surface area contributed by atoms with Crippen LogP contribution in [0.3, 0.4) is 0 Å². The first kappa shape index (κ1) is 37.5. The zero-order chi connectivity index (χ0) is 32.1. The van der Waals surface area contributed by atoms with E-state index in [1.165, 1.54) is 32.7 Å². The summed E-state index contributed by atoms with van der Waals surface area (Å²) in [7, 11) is -4.25. The maximum Gasteiger partial charge on any atom is 2.00 e. The van der Waals surface area contributed by atoms with E-state index in [9.17, 15) is 0 Å². The van der Waals surface area contributed by atoms with Gasteiger partial charge in [0.15, 0.2) is 0 Å². The van der Waals surface area contributed by atoms with E-state index in [-0.39, 0.29) is 26.2 Å². The molecule has 0 unspecified atom stereocenters. The second kappa shape index (κ2) is 16.2. The van der Waals surface area contributed by atoms with Gasteiger partial charge in [0.1, 0.15) is 0 Å². The van der Waals surface area contributed by atoms with Crippen LogP contribution in [0.2, 0.25) is 34.3 Å². The molecule has 0 aliphatic rings. The van der Waals surface area contributed by atoms with Crippen LogP contribution in [0, 0.1) is 0 Å². The van der Waals surface area contributed by atoms with Crippen molar-refractivity contribution >= 4 is 38.2 Å². The van der Waals surface area contributed by atoms with Gasteiger partial charge in [-0.3, -0.25) is 0 Å². The van der Waals surface area contributed by atoms with E-state index in [4.69, 9.17) is 8.85 Å². The van der Waals surface area contributed by atoms with Gasteiger partial charge in [-0.05, 0) is 47.1 Å². The minimum atomic E-state index is -2.12. The van der Waals surface area contributed by atoms with Crippen LogP contribution in [-0.4, -0.2) is 16.6 Å². The van der Waals surface area contributed by atoms with Gasteiger partial charge in [-0.25, -0.2) is 0 Å². The summed E-state index contributed by atoms with van der Waals surface area (Å²) in [5.41, 5.74) is 4.72. The standard InChI is InChI=1S/C40H56O2Si2.Zr/c1-11-13-25-43(29(3)4,30(5)6)41-39-27-33-19-15-17-21-35(33)37(39)23-24-38-36-22-18-16-20-34(36)28-40(38)42-44(31(7)8,32(9)10)26-14-12-2;/h11-12,15-22,27-32H,1-2,13-14,23-26H2,3-10H3;/q-2;+2. The molecule has 240 valence electrons. The van der Waals surface area contributed by atoms with Gasteiger partial charge < -0.3 is 8.85 Å². The minimum absolute atomic E-state index is 0. The normalized spacial score (nSPS) is 12.4. The number of fused-ring (bicyclic) bond motifs is 2. The molecule has 0 radical (unpaired) electrons. The fourth-order valence-corrected chi connectivity index (χ4v) is 16.2. The molecule has 5 heteroatoms. The Hall–Kier alpha value is -1.94. The molecule has 0 spiro atoms. The topological polar surface area (TPSA) is 18.5 Å². The van der Waals surface area contributed by atoms with E-state index >= 15 is 0 Å². The van der Waals surface area contributed by atoms with Gasteiger partial charge in [-0.2, -0.15) is 0 Å². The van der Waals surface area contributed by atoms with Crippen molar-refractivity contribution in [1.82, 2.24) is 0 Å². The van der Waals surface area contributed by atoms with Crippen molar-refractivity contribution in [2.45, 2.75) is 115 Å². The predicted octanol–water partition coefficient (Wildman–Crippen LogP) is 12.7. The van der Waals surface area contributed by atoms with Crippen molar-refractivity contribution in [2.75, 3.05) is 0 Å². The Labute approximate surface area is 295 Å². The SMILES string of the molecule is C=CCC[Si](Oc1[cH-]c2ccccc2c1CCc1c(O[Si](CCC=C)(C(C)C)C(C)C)[cH-]c2ccccc12)(C(C)C)C(C)C.[Zr+2]. The zero-order valence-electron chi connectivity index (χ0n) is 29.2. The van der Waals surface area contributed by atoms with Gasteiger partial charge in [0.25, 0.3) is 16.6 Å². The minimum Gasteiger partial charge on any atom is -0.558 e. The Kier molecular flexibility index (Phi) is 13.5. The number of benzene rings is 2. The molecular weight excluding hydrogens is 660 g/mol. The molecule has 45 heavy (non-hydrogen) atoms. The number of allylic oxidation sites excluding steroid dienone is 2. The van der Waals surface area contributed by atoms with E-state index < -0.39 is 16.6 Å². The first-order chi connectivity index (χ1) is 21.0. The third-order valence-electron chi connectivity index (χ3n) is 10.4. The largest absolute Gasteiger partial charge is 2.00 e. The molecule has 0 heterocycles.